The maximum Gasteiger partial charge on any atom is 0.269 e. The predicted octanol–water partition coefficient (Wildman–Crippen LogP) is 4.58. The molecule has 24 heavy (non-hydrogen) atoms. The SMILES string of the molecule is CCCC(CO)Nc1ccc(N=Nc2ccc([N+](=O)[O-])cc2)cc1. The number of hydrogen-bond acceptors (Lipinski definition) is 6. The number of benzene rings is 2. The normalized spacial score (nSPS) is 12.2. The fourth-order valence-electron chi connectivity index (χ4n) is 2.17. The summed E-state index contributed by atoms with van der Waals surface area (Å²) in [5.74, 6) is 0. The Bertz CT molecular complexity index is 684. The van der Waals surface area contributed by atoms with Gasteiger partial charge in [0.05, 0.1) is 22.9 Å². The molecule has 0 radical (unpaired) electrons. The first kappa shape index (κ1) is 17.6. The smallest absolute Gasteiger partial charge is 0.269 e. The third-order valence-corrected chi connectivity index (χ3v) is 3.44. The van der Waals surface area contributed by atoms with Crippen LogP contribution in [0.1, 0.15) is 19.8 Å². The lowest BCUT2D eigenvalue weighted by Gasteiger charge is -2.16. The topological polar surface area (TPSA) is 100 Å². The highest BCUT2D eigenvalue weighted by atomic mass is 16.6. The van der Waals surface area contributed by atoms with Gasteiger partial charge in [0.15, 0.2) is 0 Å². The van der Waals surface area contributed by atoms with Gasteiger partial charge in [-0.2, -0.15) is 10.2 Å². The van der Waals surface area contributed by atoms with E-state index in [1.165, 1.54) is 12.1 Å². The second kappa shape index (κ2) is 8.73. The molecule has 0 spiro atoms. The third kappa shape index (κ3) is 5.13. The molecule has 0 aliphatic rings. The predicted molar refractivity (Wildman–Crippen MR) is 93.1 cm³/mol. The summed E-state index contributed by atoms with van der Waals surface area (Å²) in [6, 6.07) is 13.3. The van der Waals surface area contributed by atoms with Crippen molar-refractivity contribution in [3.63, 3.8) is 0 Å². The minimum absolute atomic E-state index is 0.0231. The fourth-order valence-corrected chi connectivity index (χ4v) is 2.17. The molecule has 126 valence electrons. The molecule has 7 nitrogen and oxygen atoms in total. The molecule has 0 aliphatic heterocycles. The quantitative estimate of drug-likeness (QED) is 0.420. The highest BCUT2D eigenvalue weighted by molar-refractivity contribution is 5.51. The minimum atomic E-state index is -0.454. The largest absolute Gasteiger partial charge is 0.394 e. The molecule has 0 saturated carbocycles. The van der Waals surface area contributed by atoms with Gasteiger partial charge in [0.1, 0.15) is 0 Å². The molecule has 2 aromatic carbocycles. The Hall–Kier alpha value is -2.80. The van der Waals surface area contributed by atoms with E-state index in [4.69, 9.17) is 0 Å². The molecule has 0 fully saturated rings. The molecule has 0 saturated heterocycles. The van der Waals surface area contributed by atoms with E-state index in [9.17, 15) is 15.2 Å². The highest BCUT2D eigenvalue weighted by Crippen LogP contribution is 2.22. The maximum absolute atomic E-state index is 10.6. The van der Waals surface area contributed by atoms with E-state index in [1.807, 2.05) is 24.3 Å². The Morgan fingerprint density at radius 1 is 1.08 bits per heavy atom. The standard InChI is InChI=1S/C17H20N4O3/c1-2-3-16(12-22)18-13-4-6-14(7-5-13)19-20-15-8-10-17(11-9-15)21(23)24/h4-11,16,18,22H,2-3,12H2,1H3. The lowest BCUT2D eigenvalue weighted by molar-refractivity contribution is -0.384. The lowest BCUT2D eigenvalue weighted by Crippen LogP contribution is -2.23. The molecule has 2 rings (SSSR count). The van der Waals surface area contributed by atoms with Crippen LogP contribution in [-0.2, 0) is 0 Å². The number of aliphatic hydroxyl groups excluding tert-OH is 1. The van der Waals surface area contributed by atoms with Gasteiger partial charge in [0.2, 0.25) is 0 Å². The van der Waals surface area contributed by atoms with Gasteiger partial charge >= 0.3 is 0 Å². The Morgan fingerprint density at radius 2 is 1.62 bits per heavy atom. The van der Waals surface area contributed by atoms with E-state index in [1.54, 1.807) is 12.1 Å². The molecular formula is C17H20N4O3. The van der Waals surface area contributed by atoms with Crippen molar-refractivity contribution in [3.8, 4) is 0 Å². The Morgan fingerprint density at radius 3 is 2.08 bits per heavy atom. The van der Waals surface area contributed by atoms with Crippen molar-refractivity contribution in [2.75, 3.05) is 11.9 Å². The van der Waals surface area contributed by atoms with E-state index in [0.717, 1.165) is 18.5 Å². The molecule has 0 bridgehead atoms. The Balaban J connectivity index is 1.99. The summed E-state index contributed by atoms with van der Waals surface area (Å²) in [5, 5.41) is 31.3. The van der Waals surface area contributed by atoms with Crippen molar-refractivity contribution in [2.24, 2.45) is 10.2 Å². The second-order valence-electron chi connectivity index (χ2n) is 5.33. The zero-order valence-electron chi connectivity index (χ0n) is 13.4. The number of non-ortho nitro benzene ring substituents is 1. The van der Waals surface area contributed by atoms with Gasteiger partial charge in [-0.1, -0.05) is 13.3 Å². The van der Waals surface area contributed by atoms with Crippen molar-refractivity contribution in [2.45, 2.75) is 25.8 Å². The van der Waals surface area contributed by atoms with Crippen molar-refractivity contribution in [1.29, 1.82) is 0 Å². The average Bonchev–Trinajstić information content (AvgIpc) is 2.61. The Kier molecular flexibility index (Phi) is 6.39. The van der Waals surface area contributed by atoms with E-state index < -0.39 is 4.92 Å². The maximum atomic E-state index is 10.6. The summed E-state index contributed by atoms with van der Waals surface area (Å²) >= 11 is 0. The summed E-state index contributed by atoms with van der Waals surface area (Å²) < 4.78 is 0. The first-order valence-electron chi connectivity index (χ1n) is 7.76. The van der Waals surface area contributed by atoms with Crippen LogP contribution in [0, 0.1) is 10.1 Å². The van der Waals surface area contributed by atoms with Crippen LogP contribution in [0.4, 0.5) is 22.7 Å². The Labute approximate surface area is 140 Å². The first-order chi connectivity index (χ1) is 11.6. The van der Waals surface area contributed by atoms with Gasteiger partial charge in [-0.3, -0.25) is 10.1 Å². The lowest BCUT2D eigenvalue weighted by atomic mass is 10.1. The number of nitrogens with one attached hydrogen (secondary N) is 1. The number of hydrogen-bond donors (Lipinski definition) is 2. The minimum Gasteiger partial charge on any atom is -0.394 e. The summed E-state index contributed by atoms with van der Waals surface area (Å²) in [6.45, 7) is 2.17. The molecular weight excluding hydrogens is 308 g/mol. The monoisotopic (exact) mass is 328 g/mol. The van der Waals surface area contributed by atoms with E-state index in [-0.39, 0.29) is 18.3 Å². The summed E-state index contributed by atoms with van der Waals surface area (Å²) in [4.78, 5) is 10.1. The van der Waals surface area contributed by atoms with Crippen molar-refractivity contribution < 1.29 is 10.0 Å². The molecule has 0 amide bonds. The highest BCUT2D eigenvalue weighted by Gasteiger charge is 2.05. The van der Waals surface area contributed by atoms with Gasteiger partial charge in [0, 0.05) is 23.9 Å². The number of anilines is 1. The molecule has 2 N–H and O–H groups in total. The molecule has 0 aliphatic carbocycles. The van der Waals surface area contributed by atoms with E-state index in [2.05, 4.69) is 22.5 Å². The van der Waals surface area contributed by atoms with Crippen molar-refractivity contribution in [1.82, 2.24) is 0 Å². The van der Waals surface area contributed by atoms with Gasteiger partial charge in [0.25, 0.3) is 5.69 Å². The van der Waals surface area contributed by atoms with Crippen molar-refractivity contribution >= 4 is 22.7 Å². The van der Waals surface area contributed by atoms with Crippen LogP contribution in [0.2, 0.25) is 0 Å². The van der Waals surface area contributed by atoms with Crippen LogP contribution in [0.3, 0.4) is 0 Å². The first-order valence-corrected chi connectivity index (χ1v) is 7.76. The van der Waals surface area contributed by atoms with Gasteiger partial charge in [-0.05, 0) is 42.8 Å². The van der Waals surface area contributed by atoms with Crippen LogP contribution < -0.4 is 5.32 Å². The van der Waals surface area contributed by atoms with E-state index >= 15 is 0 Å². The van der Waals surface area contributed by atoms with E-state index in [0.29, 0.717) is 11.4 Å². The summed E-state index contributed by atoms with van der Waals surface area (Å²) in [7, 11) is 0. The van der Waals surface area contributed by atoms with Gasteiger partial charge in [-0.15, -0.1) is 0 Å². The van der Waals surface area contributed by atoms with Crippen LogP contribution in [0.5, 0.6) is 0 Å². The molecule has 0 aromatic heterocycles. The molecule has 0 heterocycles. The molecule has 7 heteroatoms. The zero-order chi connectivity index (χ0) is 17.4. The van der Waals surface area contributed by atoms with Crippen LogP contribution >= 0.6 is 0 Å². The number of azo groups is 1. The molecule has 1 atom stereocenters. The van der Waals surface area contributed by atoms with Gasteiger partial charge in [-0.25, -0.2) is 0 Å². The van der Waals surface area contributed by atoms with Gasteiger partial charge < -0.3 is 10.4 Å². The second-order valence-corrected chi connectivity index (χ2v) is 5.33. The fraction of sp³-hybridized carbons (Fsp3) is 0.294. The number of aliphatic hydroxyl groups is 1. The summed E-state index contributed by atoms with van der Waals surface area (Å²) in [5.41, 5.74) is 2.16. The van der Waals surface area contributed by atoms with Crippen LogP contribution in [-0.4, -0.2) is 22.7 Å². The van der Waals surface area contributed by atoms with Crippen LogP contribution in [0.25, 0.3) is 0 Å². The van der Waals surface area contributed by atoms with Crippen molar-refractivity contribution in [3.05, 3.63) is 58.6 Å². The average molecular weight is 328 g/mol. The zero-order valence-corrected chi connectivity index (χ0v) is 13.4. The number of nitrogens with zero attached hydrogens (tertiary/aromatic N) is 3. The number of rotatable bonds is 8. The molecule has 2 aromatic rings. The third-order valence-electron chi connectivity index (χ3n) is 3.44. The number of nitro groups is 1. The summed E-state index contributed by atoms with van der Waals surface area (Å²) in [6.07, 6.45) is 1.90. The molecule has 1 unspecified atom stereocenters. The van der Waals surface area contributed by atoms with Crippen LogP contribution in [0.15, 0.2) is 58.8 Å². The number of nitro benzene ring substituents is 1.